The molecule has 0 saturated carbocycles. The molecule has 2 heterocycles. The van der Waals surface area contributed by atoms with Crippen LogP contribution in [-0.4, -0.2) is 87.4 Å². The maximum atomic E-state index is 12.3. The van der Waals surface area contributed by atoms with Crippen molar-refractivity contribution in [2.45, 2.75) is 39.2 Å². The number of methoxy groups -OCH3 is 1. The standard InChI is InChI=1S/C24H39N5O3.HI/c1-24(2,3)32-23(30)29-11-9-19(10-12-29)18-26-22(25-4)28-15-13-27(14-16-28)20-7-6-8-21(17-20)31-5;/h6-8,17,19H,9-16,18H2,1-5H3,(H,25,26);1H. The molecule has 186 valence electrons. The van der Waals surface area contributed by atoms with Crippen LogP contribution < -0.4 is 15.0 Å². The fraction of sp³-hybridized carbons (Fsp3) is 0.667. The van der Waals surface area contributed by atoms with Crippen LogP contribution in [0.1, 0.15) is 33.6 Å². The molecule has 9 heteroatoms. The Morgan fingerprint density at radius 3 is 2.33 bits per heavy atom. The van der Waals surface area contributed by atoms with Gasteiger partial charge in [0, 0.05) is 64.6 Å². The smallest absolute Gasteiger partial charge is 0.410 e. The molecule has 0 unspecified atom stereocenters. The molecule has 33 heavy (non-hydrogen) atoms. The van der Waals surface area contributed by atoms with E-state index in [0.717, 1.165) is 70.4 Å². The third-order valence-electron chi connectivity index (χ3n) is 6.02. The number of hydrogen-bond acceptors (Lipinski definition) is 5. The molecule has 0 radical (unpaired) electrons. The number of piperazine rings is 1. The lowest BCUT2D eigenvalue weighted by molar-refractivity contribution is 0.0185. The Labute approximate surface area is 215 Å². The van der Waals surface area contributed by atoms with Gasteiger partial charge in [-0.25, -0.2) is 4.79 Å². The predicted molar refractivity (Wildman–Crippen MR) is 144 cm³/mol. The van der Waals surface area contributed by atoms with Crippen LogP contribution in [0.2, 0.25) is 0 Å². The fourth-order valence-corrected chi connectivity index (χ4v) is 4.20. The topological polar surface area (TPSA) is 69.6 Å². The number of amides is 1. The number of ether oxygens (including phenoxy) is 2. The number of nitrogens with zero attached hydrogens (tertiary/aromatic N) is 4. The highest BCUT2D eigenvalue weighted by atomic mass is 127. The number of piperidine rings is 1. The summed E-state index contributed by atoms with van der Waals surface area (Å²) < 4.78 is 10.9. The number of benzene rings is 1. The van der Waals surface area contributed by atoms with Crippen molar-refractivity contribution in [3.05, 3.63) is 24.3 Å². The molecule has 1 aromatic carbocycles. The summed E-state index contributed by atoms with van der Waals surface area (Å²) in [6.07, 6.45) is 1.76. The highest BCUT2D eigenvalue weighted by Crippen LogP contribution is 2.22. The average molecular weight is 574 g/mol. The third-order valence-corrected chi connectivity index (χ3v) is 6.02. The van der Waals surface area contributed by atoms with E-state index in [9.17, 15) is 4.79 Å². The first kappa shape index (κ1) is 27.3. The first-order valence-corrected chi connectivity index (χ1v) is 11.6. The van der Waals surface area contributed by atoms with Crippen molar-refractivity contribution in [3.63, 3.8) is 0 Å². The van der Waals surface area contributed by atoms with E-state index < -0.39 is 5.60 Å². The number of carbonyl (C=O) groups is 1. The summed E-state index contributed by atoms with van der Waals surface area (Å²) in [6, 6.07) is 8.24. The fourth-order valence-electron chi connectivity index (χ4n) is 4.20. The van der Waals surface area contributed by atoms with Crippen molar-refractivity contribution in [1.82, 2.24) is 15.1 Å². The summed E-state index contributed by atoms with van der Waals surface area (Å²) in [6.45, 7) is 11.8. The van der Waals surface area contributed by atoms with Gasteiger partial charge in [0.2, 0.25) is 0 Å². The molecule has 3 rings (SSSR count). The lowest BCUT2D eigenvalue weighted by Gasteiger charge is -2.38. The SMILES string of the molecule is CN=C(NCC1CCN(C(=O)OC(C)(C)C)CC1)N1CCN(c2cccc(OC)c2)CC1.I. The molecule has 0 aliphatic carbocycles. The second-order valence-corrected chi connectivity index (χ2v) is 9.51. The molecular formula is C24H40IN5O3. The molecule has 2 aliphatic heterocycles. The molecular weight excluding hydrogens is 533 g/mol. The zero-order valence-corrected chi connectivity index (χ0v) is 23.0. The van der Waals surface area contributed by atoms with Crippen molar-refractivity contribution in [2.24, 2.45) is 10.9 Å². The van der Waals surface area contributed by atoms with E-state index in [2.05, 4.69) is 32.2 Å². The van der Waals surface area contributed by atoms with Crippen LogP contribution in [0.25, 0.3) is 0 Å². The Morgan fingerprint density at radius 2 is 1.76 bits per heavy atom. The minimum atomic E-state index is -0.446. The second-order valence-electron chi connectivity index (χ2n) is 9.51. The van der Waals surface area contributed by atoms with Crippen LogP contribution in [0.3, 0.4) is 0 Å². The molecule has 0 spiro atoms. The van der Waals surface area contributed by atoms with Gasteiger partial charge in [0.15, 0.2) is 5.96 Å². The Balaban J connectivity index is 0.00000385. The summed E-state index contributed by atoms with van der Waals surface area (Å²) >= 11 is 0. The lowest BCUT2D eigenvalue weighted by atomic mass is 9.97. The van der Waals surface area contributed by atoms with E-state index in [1.807, 2.05) is 44.9 Å². The van der Waals surface area contributed by atoms with Gasteiger partial charge >= 0.3 is 6.09 Å². The molecule has 8 nitrogen and oxygen atoms in total. The highest BCUT2D eigenvalue weighted by molar-refractivity contribution is 14.0. The first-order valence-electron chi connectivity index (χ1n) is 11.6. The van der Waals surface area contributed by atoms with Gasteiger partial charge in [-0.1, -0.05) is 6.07 Å². The molecule has 1 aromatic rings. The van der Waals surface area contributed by atoms with Gasteiger partial charge in [0.25, 0.3) is 0 Å². The lowest BCUT2D eigenvalue weighted by Crippen LogP contribution is -2.53. The van der Waals surface area contributed by atoms with Gasteiger partial charge in [0.05, 0.1) is 7.11 Å². The molecule has 1 amide bonds. The minimum absolute atomic E-state index is 0. The number of halogens is 1. The van der Waals surface area contributed by atoms with Crippen molar-refractivity contribution in [2.75, 3.05) is 64.9 Å². The zero-order chi connectivity index (χ0) is 23.1. The summed E-state index contributed by atoms with van der Waals surface area (Å²) in [5, 5.41) is 3.57. The van der Waals surface area contributed by atoms with Crippen molar-refractivity contribution in [1.29, 1.82) is 0 Å². The van der Waals surface area contributed by atoms with Crippen LogP contribution in [-0.2, 0) is 4.74 Å². The van der Waals surface area contributed by atoms with E-state index >= 15 is 0 Å². The quantitative estimate of drug-likeness (QED) is 0.337. The van der Waals surface area contributed by atoms with Gasteiger partial charge in [0.1, 0.15) is 11.4 Å². The molecule has 0 bridgehead atoms. The third kappa shape index (κ3) is 8.12. The van der Waals surface area contributed by atoms with Crippen LogP contribution in [0, 0.1) is 5.92 Å². The van der Waals surface area contributed by atoms with E-state index in [4.69, 9.17) is 9.47 Å². The molecule has 2 saturated heterocycles. The van der Waals surface area contributed by atoms with Crippen molar-refractivity contribution in [3.8, 4) is 5.75 Å². The van der Waals surface area contributed by atoms with Crippen LogP contribution in [0.4, 0.5) is 10.5 Å². The first-order chi connectivity index (χ1) is 15.3. The van der Waals surface area contributed by atoms with Crippen LogP contribution >= 0.6 is 24.0 Å². The largest absolute Gasteiger partial charge is 0.497 e. The van der Waals surface area contributed by atoms with Gasteiger partial charge < -0.3 is 29.5 Å². The zero-order valence-electron chi connectivity index (χ0n) is 20.7. The van der Waals surface area contributed by atoms with Crippen LogP contribution in [0.15, 0.2) is 29.3 Å². The summed E-state index contributed by atoms with van der Waals surface area (Å²) in [4.78, 5) is 23.3. The van der Waals surface area contributed by atoms with E-state index in [0.29, 0.717) is 5.92 Å². The second kappa shape index (κ2) is 12.5. The number of nitrogens with one attached hydrogen (secondary N) is 1. The Bertz CT molecular complexity index is 783. The number of aliphatic imine (C=N–C) groups is 1. The molecule has 1 N–H and O–H groups in total. The number of carbonyl (C=O) groups excluding carboxylic acids is 1. The predicted octanol–water partition coefficient (Wildman–Crippen LogP) is 3.66. The number of anilines is 1. The molecule has 2 aliphatic rings. The van der Waals surface area contributed by atoms with Gasteiger partial charge in [-0.3, -0.25) is 4.99 Å². The van der Waals surface area contributed by atoms with Crippen molar-refractivity contribution < 1.29 is 14.3 Å². The molecule has 0 atom stereocenters. The maximum Gasteiger partial charge on any atom is 0.410 e. The Kier molecular flexibility index (Phi) is 10.4. The number of rotatable bonds is 4. The van der Waals surface area contributed by atoms with Gasteiger partial charge in [-0.05, 0) is 51.7 Å². The monoisotopic (exact) mass is 573 g/mol. The minimum Gasteiger partial charge on any atom is -0.497 e. The van der Waals surface area contributed by atoms with Crippen molar-refractivity contribution >= 4 is 41.7 Å². The van der Waals surface area contributed by atoms with E-state index in [-0.39, 0.29) is 30.1 Å². The molecule has 0 aromatic heterocycles. The van der Waals surface area contributed by atoms with Gasteiger partial charge in [-0.15, -0.1) is 24.0 Å². The maximum absolute atomic E-state index is 12.3. The number of guanidine groups is 1. The van der Waals surface area contributed by atoms with Crippen LogP contribution in [0.5, 0.6) is 5.75 Å². The molecule has 2 fully saturated rings. The van der Waals surface area contributed by atoms with E-state index in [1.54, 1.807) is 7.11 Å². The average Bonchev–Trinajstić information content (AvgIpc) is 2.79. The summed E-state index contributed by atoms with van der Waals surface area (Å²) in [7, 11) is 3.55. The summed E-state index contributed by atoms with van der Waals surface area (Å²) in [5.74, 6) is 2.38. The Hall–Kier alpha value is -1.91. The number of hydrogen-bond donors (Lipinski definition) is 1. The van der Waals surface area contributed by atoms with Gasteiger partial charge in [-0.2, -0.15) is 0 Å². The Morgan fingerprint density at radius 1 is 1.09 bits per heavy atom. The van der Waals surface area contributed by atoms with E-state index in [1.165, 1.54) is 5.69 Å². The number of likely N-dealkylation sites (tertiary alicyclic amines) is 1. The normalized spacial score (nSPS) is 18.0. The highest BCUT2D eigenvalue weighted by Gasteiger charge is 2.27. The summed E-state index contributed by atoms with van der Waals surface area (Å²) in [5.41, 5.74) is 0.752.